The van der Waals surface area contributed by atoms with Crippen molar-refractivity contribution in [2.75, 3.05) is 38.5 Å². The summed E-state index contributed by atoms with van der Waals surface area (Å²) in [5.74, 6) is 1.07. The highest BCUT2D eigenvalue weighted by molar-refractivity contribution is 6.30. The first-order chi connectivity index (χ1) is 17.8. The number of hydrogen-bond acceptors (Lipinski definition) is 7. The number of nitrogens with one attached hydrogen (secondary N) is 2. The fourth-order valence-corrected chi connectivity index (χ4v) is 6.44. The van der Waals surface area contributed by atoms with Crippen LogP contribution in [0.4, 0.5) is 16.0 Å². The molecule has 0 radical (unpaired) electrons. The van der Waals surface area contributed by atoms with Crippen LogP contribution in [0.25, 0.3) is 0 Å². The van der Waals surface area contributed by atoms with Crippen LogP contribution in [0.5, 0.6) is 5.75 Å². The quantitative estimate of drug-likeness (QED) is 0.438. The molecular formula is C27H38ClFN7O+. The molecule has 3 aliphatic heterocycles. The second-order valence-corrected chi connectivity index (χ2v) is 11.1. The lowest BCUT2D eigenvalue weighted by Gasteiger charge is -2.53. The third-order valence-electron chi connectivity index (χ3n) is 8.15. The zero-order chi connectivity index (χ0) is 26.0. The smallest absolute Gasteiger partial charge is 0.279 e. The summed E-state index contributed by atoms with van der Waals surface area (Å²) in [6.07, 6.45) is 10.6. The van der Waals surface area contributed by atoms with Crippen molar-refractivity contribution in [3.63, 3.8) is 0 Å². The summed E-state index contributed by atoms with van der Waals surface area (Å²) in [7, 11) is 0. The van der Waals surface area contributed by atoms with E-state index in [1.165, 1.54) is 18.9 Å². The van der Waals surface area contributed by atoms with Gasteiger partial charge >= 0.3 is 0 Å². The van der Waals surface area contributed by atoms with Crippen LogP contribution in [0.1, 0.15) is 57.4 Å². The maximum atomic E-state index is 13.9. The van der Waals surface area contributed by atoms with E-state index in [0.29, 0.717) is 16.1 Å². The van der Waals surface area contributed by atoms with Crippen LogP contribution in [0.3, 0.4) is 0 Å². The molecule has 0 atom stereocenters. The van der Waals surface area contributed by atoms with Gasteiger partial charge in [-0.2, -0.15) is 4.98 Å². The van der Waals surface area contributed by atoms with E-state index < -0.39 is 5.79 Å². The van der Waals surface area contributed by atoms with E-state index in [-0.39, 0.29) is 22.9 Å². The van der Waals surface area contributed by atoms with Crippen molar-refractivity contribution in [3.05, 3.63) is 53.3 Å². The van der Waals surface area contributed by atoms with Gasteiger partial charge in [0.2, 0.25) is 5.75 Å². The van der Waals surface area contributed by atoms with Crippen LogP contribution >= 0.6 is 11.6 Å². The minimum absolute atomic E-state index is 0.0748. The molecule has 200 valence electrons. The van der Waals surface area contributed by atoms with Crippen molar-refractivity contribution >= 4 is 23.2 Å². The number of hydrogen-bond donors (Lipinski definition) is 3. The van der Waals surface area contributed by atoms with Crippen molar-refractivity contribution in [2.24, 2.45) is 0 Å². The average molecular weight is 531 g/mol. The van der Waals surface area contributed by atoms with Crippen LogP contribution in [-0.2, 0) is 0 Å². The maximum absolute atomic E-state index is 13.9. The van der Waals surface area contributed by atoms with E-state index in [4.69, 9.17) is 27.1 Å². The normalized spacial score (nSPS) is 25.3. The number of anilines is 1. The molecule has 8 nitrogen and oxygen atoms in total. The highest BCUT2D eigenvalue weighted by Gasteiger charge is 2.57. The molecule has 4 heterocycles. The Kier molecular flexibility index (Phi) is 7.47. The minimum Gasteiger partial charge on any atom is -0.481 e. The third kappa shape index (κ3) is 4.96. The zero-order valence-corrected chi connectivity index (χ0v) is 22.5. The van der Waals surface area contributed by atoms with E-state index >= 15 is 0 Å². The molecular weight excluding hydrogens is 493 g/mol. The molecule has 0 unspecified atom stereocenters. The second-order valence-electron chi connectivity index (χ2n) is 10.7. The number of nitrogen functional groups attached to an aromatic ring is 1. The number of benzene rings is 1. The van der Waals surface area contributed by atoms with Gasteiger partial charge in [-0.05, 0) is 63.4 Å². The number of nitrogens with zero attached hydrogens (tertiary/aromatic N) is 4. The van der Waals surface area contributed by atoms with E-state index in [1.807, 2.05) is 32.3 Å². The molecule has 2 fully saturated rings. The number of rotatable bonds is 8. The lowest BCUT2D eigenvalue weighted by Crippen LogP contribution is -2.77. The lowest BCUT2D eigenvalue weighted by atomic mass is 9.86. The van der Waals surface area contributed by atoms with Crippen LogP contribution in [0, 0.1) is 5.82 Å². The van der Waals surface area contributed by atoms with Crippen LogP contribution in [-0.4, -0.2) is 59.5 Å². The highest BCUT2D eigenvalue weighted by atomic mass is 35.5. The Morgan fingerprint density at radius 2 is 1.89 bits per heavy atom. The highest BCUT2D eigenvalue weighted by Crippen LogP contribution is 2.46. The molecule has 2 aromatic rings. The maximum Gasteiger partial charge on any atom is 0.279 e. The van der Waals surface area contributed by atoms with Gasteiger partial charge in [0.15, 0.2) is 5.82 Å². The minimum atomic E-state index is -0.510. The first kappa shape index (κ1) is 26.0. The predicted octanol–water partition coefficient (Wildman–Crippen LogP) is 4.33. The SMILES string of the molecule is CC(C)Oc1c(N)ncnc1[N+]1(C2(CCN3CCCC3)NC=CN2)CCC(c2ccc(F)c(Cl)c2)CC1. The molecule has 2 saturated heterocycles. The number of aromatic nitrogens is 2. The summed E-state index contributed by atoms with van der Waals surface area (Å²) in [4.78, 5) is 11.7. The monoisotopic (exact) mass is 530 g/mol. The molecule has 0 spiro atoms. The molecule has 37 heavy (non-hydrogen) atoms. The summed E-state index contributed by atoms with van der Waals surface area (Å²) < 4.78 is 20.7. The van der Waals surface area contributed by atoms with Gasteiger partial charge in [-0.25, -0.2) is 13.9 Å². The molecule has 0 amide bonds. The van der Waals surface area contributed by atoms with E-state index in [2.05, 4.69) is 20.5 Å². The van der Waals surface area contributed by atoms with E-state index in [9.17, 15) is 4.39 Å². The van der Waals surface area contributed by atoms with Gasteiger partial charge in [-0.15, -0.1) is 0 Å². The molecule has 3 aliphatic rings. The Hall–Kier alpha value is -2.62. The molecule has 5 rings (SSSR count). The first-order valence-corrected chi connectivity index (χ1v) is 13.7. The molecule has 0 aliphatic carbocycles. The second kappa shape index (κ2) is 10.6. The van der Waals surface area contributed by atoms with Gasteiger partial charge in [-0.3, -0.25) is 0 Å². The summed E-state index contributed by atoms with van der Waals surface area (Å²) in [6.45, 7) is 8.79. The topological polar surface area (TPSA) is 88.3 Å². The number of piperidine rings is 1. The predicted molar refractivity (Wildman–Crippen MR) is 146 cm³/mol. The van der Waals surface area contributed by atoms with Gasteiger partial charge in [-0.1, -0.05) is 17.7 Å². The first-order valence-electron chi connectivity index (χ1n) is 13.4. The van der Waals surface area contributed by atoms with Gasteiger partial charge in [0.1, 0.15) is 12.1 Å². The average Bonchev–Trinajstić information content (AvgIpc) is 3.59. The summed E-state index contributed by atoms with van der Waals surface area (Å²) in [5.41, 5.74) is 7.47. The van der Waals surface area contributed by atoms with Crippen LogP contribution in [0.15, 0.2) is 36.9 Å². The third-order valence-corrected chi connectivity index (χ3v) is 8.44. The van der Waals surface area contributed by atoms with Gasteiger partial charge in [0, 0.05) is 31.8 Å². The Labute approximate surface area is 223 Å². The molecule has 0 saturated carbocycles. The number of likely N-dealkylation sites (tertiary alicyclic amines) is 2. The van der Waals surface area contributed by atoms with Crippen LogP contribution < -0.4 is 25.6 Å². The van der Waals surface area contributed by atoms with Crippen molar-refractivity contribution in [1.82, 2.24) is 30.0 Å². The number of nitrogens with two attached hydrogens (primary N) is 1. The molecule has 4 N–H and O–H groups in total. The number of ether oxygens (including phenoxy) is 1. The standard InChI is InChI=1S/C27H38ClFN7O/c1-19(2)37-24-25(30)31-18-32-26(24)36(27(33-10-11-34-27)9-14-35-12-3-4-13-35)15-7-20(8-16-36)21-5-6-23(29)22(28)17-21/h5-6,10-11,17-20,33-34H,3-4,7-9,12-16H2,1-2H3,(H2,30,31,32)/q+1. The number of quaternary nitrogens is 1. The van der Waals surface area contributed by atoms with Gasteiger partial charge in [0.05, 0.1) is 30.6 Å². The Balaban J connectivity index is 1.53. The molecule has 1 aromatic carbocycles. The Bertz CT molecular complexity index is 1120. The van der Waals surface area contributed by atoms with E-state index in [0.717, 1.165) is 63.4 Å². The summed E-state index contributed by atoms with van der Waals surface area (Å²) >= 11 is 6.14. The molecule has 0 bridgehead atoms. The van der Waals surface area contributed by atoms with Crippen molar-refractivity contribution in [3.8, 4) is 5.75 Å². The summed E-state index contributed by atoms with van der Waals surface area (Å²) in [5, 5.41) is 7.57. The lowest BCUT2D eigenvalue weighted by molar-refractivity contribution is 0.0190. The van der Waals surface area contributed by atoms with Gasteiger partial charge in [0.25, 0.3) is 11.6 Å². The Morgan fingerprint density at radius 1 is 1.19 bits per heavy atom. The summed E-state index contributed by atoms with van der Waals surface area (Å²) in [6, 6.07) is 5.10. The fourth-order valence-electron chi connectivity index (χ4n) is 6.25. The molecule has 10 heteroatoms. The zero-order valence-electron chi connectivity index (χ0n) is 21.7. The Morgan fingerprint density at radius 3 is 2.54 bits per heavy atom. The van der Waals surface area contributed by atoms with Crippen molar-refractivity contribution in [1.29, 1.82) is 0 Å². The van der Waals surface area contributed by atoms with Crippen molar-refractivity contribution < 1.29 is 9.13 Å². The van der Waals surface area contributed by atoms with Crippen molar-refractivity contribution in [2.45, 2.75) is 63.8 Å². The number of halogens is 2. The molecule has 1 aromatic heterocycles. The van der Waals surface area contributed by atoms with Gasteiger partial charge < -0.3 is 26.0 Å². The van der Waals surface area contributed by atoms with E-state index in [1.54, 1.807) is 12.4 Å². The van der Waals surface area contributed by atoms with Crippen LogP contribution in [0.2, 0.25) is 5.02 Å². The fraction of sp³-hybridized carbons (Fsp3) is 0.556. The largest absolute Gasteiger partial charge is 0.481 e.